The zero-order valence-electron chi connectivity index (χ0n) is 12.1. The first kappa shape index (κ1) is 15.3. The van der Waals surface area contributed by atoms with Crippen LogP contribution in [-0.2, 0) is 0 Å². The number of anilines is 2. The molecule has 0 aliphatic rings. The first-order chi connectivity index (χ1) is 10.1. The van der Waals surface area contributed by atoms with Gasteiger partial charge in [-0.25, -0.2) is 4.98 Å². The summed E-state index contributed by atoms with van der Waals surface area (Å²) in [5.41, 5.74) is 2.05. The van der Waals surface area contributed by atoms with Gasteiger partial charge in [0.1, 0.15) is 5.82 Å². The van der Waals surface area contributed by atoms with Crippen molar-refractivity contribution in [1.29, 1.82) is 0 Å². The van der Waals surface area contributed by atoms with E-state index in [1.807, 2.05) is 19.1 Å². The highest BCUT2D eigenvalue weighted by atomic mass is 35.5. The molecule has 2 rings (SSSR count). The quantitative estimate of drug-likeness (QED) is 0.873. The lowest BCUT2D eigenvalue weighted by atomic mass is 10.2. The molecule has 0 atom stereocenters. The summed E-state index contributed by atoms with van der Waals surface area (Å²) in [5.74, 6) is 0.545. The summed E-state index contributed by atoms with van der Waals surface area (Å²) < 4.78 is 0. The lowest BCUT2D eigenvalue weighted by Crippen LogP contribution is -2.13. The van der Waals surface area contributed by atoms with E-state index in [0.29, 0.717) is 16.3 Å². The standard InChI is InChI=1S/C16H18ClN3O/c1-3-9-18-14-8-7-12(10-19-14)16(21)20-15-11(2)5-4-6-13(15)17/h4-8,10H,3,9H2,1-2H3,(H,18,19)(H,20,21). The van der Waals surface area contributed by atoms with Gasteiger partial charge < -0.3 is 10.6 Å². The number of carbonyl (C=O) groups is 1. The fraction of sp³-hybridized carbons (Fsp3) is 0.250. The maximum atomic E-state index is 12.2. The number of halogens is 1. The van der Waals surface area contributed by atoms with Gasteiger partial charge in [0.2, 0.25) is 0 Å². The second kappa shape index (κ2) is 7.09. The molecule has 0 aliphatic heterocycles. The second-order valence-electron chi connectivity index (χ2n) is 4.74. The van der Waals surface area contributed by atoms with E-state index in [1.165, 1.54) is 0 Å². The van der Waals surface area contributed by atoms with E-state index in [4.69, 9.17) is 11.6 Å². The van der Waals surface area contributed by atoms with Crippen LogP contribution in [0, 0.1) is 6.92 Å². The molecule has 0 saturated carbocycles. The summed E-state index contributed by atoms with van der Waals surface area (Å²) in [6, 6.07) is 9.04. The number of aromatic nitrogens is 1. The van der Waals surface area contributed by atoms with Gasteiger partial charge in [-0.15, -0.1) is 0 Å². The largest absolute Gasteiger partial charge is 0.370 e. The molecule has 0 unspecified atom stereocenters. The topological polar surface area (TPSA) is 54.0 Å². The summed E-state index contributed by atoms with van der Waals surface area (Å²) in [4.78, 5) is 16.4. The monoisotopic (exact) mass is 303 g/mol. The van der Waals surface area contributed by atoms with Crippen LogP contribution in [0.2, 0.25) is 5.02 Å². The summed E-state index contributed by atoms with van der Waals surface area (Å²) in [7, 11) is 0. The molecule has 1 heterocycles. The Morgan fingerprint density at radius 3 is 2.71 bits per heavy atom. The number of benzene rings is 1. The van der Waals surface area contributed by atoms with Gasteiger partial charge in [-0.1, -0.05) is 30.7 Å². The number of rotatable bonds is 5. The fourth-order valence-corrected chi connectivity index (χ4v) is 2.13. The number of hydrogen-bond acceptors (Lipinski definition) is 3. The van der Waals surface area contributed by atoms with E-state index in [-0.39, 0.29) is 5.91 Å². The van der Waals surface area contributed by atoms with Gasteiger partial charge in [-0.3, -0.25) is 4.79 Å². The average Bonchev–Trinajstić information content (AvgIpc) is 2.49. The lowest BCUT2D eigenvalue weighted by Gasteiger charge is -2.10. The molecule has 110 valence electrons. The van der Waals surface area contributed by atoms with E-state index in [0.717, 1.165) is 24.3 Å². The van der Waals surface area contributed by atoms with Crippen molar-refractivity contribution in [2.45, 2.75) is 20.3 Å². The van der Waals surface area contributed by atoms with Gasteiger partial charge in [0.25, 0.3) is 5.91 Å². The number of hydrogen-bond donors (Lipinski definition) is 2. The van der Waals surface area contributed by atoms with Crippen molar-refractivity contribution in [3.8, 4) is 0 Å². The zero-order valence-corrected chi connectivity index (χ0v) is 12.9. The first-order valence-corrected chi connectivity index (χ1v) is 7.26. The molecule has 0 aliphatic carbocycles. The third-order valence-electron chi connectivity index (χ3n) is 3.04. The molecule has 0 fully saturated rings. The Bertz CT molecular complexity index is 606. The van der Waals surface area contributed by atoms with Gasteiger partial charge in [-0.05, 0) is 37.1 Å². The molecule has 1 aromatic heterocycles. The summed E-state index contributed by atoms with van der Waals surface area (Å²) in [5, 5.41) is 6.52. The fourth-order valence-electron chi connectivity index (χ4n) is 1.86. The number of nitrogens with zero attached hydrogens (tertiary/aromatic N) is 1. The molecule has 2 N–H and O–H groups in total. The SMILES string of the molecule is CCCNc1ccc(C(=O)Nc2c(C)cccc2Cl)cn1. The number of carbonyl (C=O) groups excluding carboxylic acids is 1. The minimum atomic E-state index is -0.222. The highest BCUT2D eigenvalue weighted by molar-refractivity contribution is 6.34. The third-order valence-corrected chi connectivity index (χ3v) is 3.36. The van der Waals surface area contributed by atoms with Crippen LogP contribution >= 0.6 is 11.6 Å². The van der Waals surface area contributed by atoms with Crippen molar-refractivity contribution in [2.24, 2.45) is 0 Å². The van der Waals surface area contributed by atoms with Crippen LogP contribution < -0.4 is 10.6 Å². The maximum Gasteiger partial charge on any atom is 0.257 e. The molecule has 5 heteroatoms. The number of para-hydroxylation sites is 1. The van der Waals surface area contributed by atoms with Crippen LogP contribution in [0.1, 0.15) is 29.3 Å². The van der Waals surface area contributed by atoms with Crippen LogP contribution in [0.4, 0.5) is 11.5 Å². The smallest absolute Gasteiger partial charge is 0.257 e. The minimum absolute atomic E-state index is 0.222. The summed E-state index contributed by atoms with van der Waals surface area (Å²) >= 11 is 6.10. The Labute approximate surface area is 129 Å². The number of amides is 1. The average molecular weight is 304 g/mol. The van der Waals surface area contributed by atoms with Crippen molar-refractivity contribution in [3.63, 3.8) is 0 Å². The van der Waals surface area contributed by atoms with Crippen molar-refractivity contribution >= 4 is 29.0 Å². The lowest BCUT2D eigenvalue weighted by molar-refractivity contribution is 0.102. The third kappa shape index (κ3) is 3.95. The van der Waals surface area contributed by atoms with Gasteiger partial charge in [0, 0.05) is 12.7 Å². The first-order valence-electron chi connectivity index (χ1n) is 6.88. The summed E-state index contributed by atoms with van der Waals surface area (Å²) in [6.45, 7) is 4.84. The number of aryl methyl sites for hydroxylation is 1. The van der Waals surface area contributed by atoms with Crippen molar-refractivity contribution in [1.82, 2.24) is 4.98 Å². The Hall–Kier alpha value is -2.07. The number of pyridine rings is 1. The predicted octanol–water partition coefficient (Wildman–Crippen LogP) is 4.12. The van der Waals surface area contributed by atoms with Crippen LogP contribution in [0.15, 0.2) is 36.5 Å². The highest BCUT2D eigenvalue weighted by Gasteiger charge is 2.10. The molecular weight excluding hydrogens is 286 g/mol. The van der Waals surface area contributed by atoms with Gasteiger partial charge in [-0.2, -0.15) is 0 Å². The molecule has 1 amide bonds. The Morgan fingerprint density at radius 2 is 2.10 bits per heavy atom. The Balaban J connectivity index is 2.10. The van der Waals surface area contributed by atoms with Crippen molar-refractivity contribution in [2.75, 3.05) is 17.2 Å². The van der Waals surface area contributed by atoms with E-state index in [1.54, 1.807) is 24.4 Å². The molecule has 4 nitrogen and oxygen atoms in total. The molecule has 2 aromatic rings. The van der Waals surface area contributed by atoms with Crippen molar-refractivity contribution in [3.05, 3.63) is 52.7 Å². The van der Waals surface area contributed by atoms with Gasteiger partial charge in [0.15, 0.2) is 0 Å². The van der Waals surface area contributed by atoms with Gasteiger partial charge in [0.05, 0.1) is 16.3 Å². The molecule has 1 aromatic carbocycles. The second-order valence-corrected chi connectivity index (χ2v) is 5.15. The van der Waals surface area contributed by atoms with Crippen LogP contribution in [-0.4, -0.2) is 17.4 Å². The predicted molar refractivity (Wildman–Crippen MR) is 87.2 cm³/mol. The van der Waals surface area contributed by atoms with Gasteiger partial charge >= 0.3 is 0 Å². The van der Waals surface area contributed by atoms with Crippen LogP contribution in [0.25, 0.3) is 0 Å². The molecular formula is C16H18ClN3O. The van der Waals surface area contributed by atoms with E-state index in [9.17, 15) is 4.79 Å². The van der Waals surface area contributed by atoms with E-state index in [2.05, 4.69) is 22.5 Å². The van der Waals surface area contributed by atoms with Crippen molar-refractivity contribution < 1.29 is 4.79 Å². The molecule has 0 bridgehead atoms. The minimum Gasteiger partial charge on any atom is -0.370 e. The van der Waals surface area contributed by atoms with Crippen LogP contribution in [0.3, 0.4) is 0 Å². The molecule has 0 spiro atoms. The molecule has 0 saturated heterocycles. The zero-order chi connectivity index (χ0) is 15.2. The Kier molecular flexibility index (Phi) is 5.17. The molecule has 21 heavy (non-hydrogen) atoms. The molecule has 0 radical (unpaired) electrons. The van der Waals surface area contributed by atoms with E-state index >= 15 is 0 Å². The van der Waals surface area contributed by atoms with E-state index < -0.39 is 0 Å². The van der Waals surface area contributed by atoms with Crippen LogP contribution in [0.5, 0.6) is 0 Å². The number of nitrogens with one attached hydrogen (secondary N) is 2. The summed E-state index contributed by atoms with van der Waals surface area (Å²) in [6.07, 6.45) is 2.58. The normalized spacial score (nSPS) is 10.2. The maximum absolute atomic E-state index is 12.2. The highest BCUT2D eigenvalue weighted by Crippen LogP contribution is 2.25. The Morgan fingerprint density at radius 1 is 1.29 bits per heavy atom.